The van der Waals surface area contributed by atoms with E-state index in [-0.39, 0.29) is 28.8 Å². The molecule has 0 saturated carbocycles. The van der Waals surface area contributed by atoms with Gasteiger partial charge in [0.05, 0.1) is 18.1 Å². The van der Waals surface area contributed by atoms with E-state index in [1.165, 1.54) is 13.2 Å². The monoisotopic (exact) mass is 350 g/mol. The summed E-state index contributed by atoms with van der Waals surface area (Å²) >= 11 is 0. The number of hydrogen-bond donors (Lipinski definition) is 1. The van der Waals surface area contributed by atoms with Gasteiger partial charge in [0.15, 0.2) is 0 Å². The fourth-order valence-electron chi connectivity index (χ4n) is 2.20. The van der Waals surface area contributed by atoms with Gasteiger partial charge in [-0.3, -0.25) is 10.1 Å². The van der Waals surface area contributed by atoms with Crippen molar-refractivity contribution in [2.24, 2.45) is 0 Å². The van der Waals surface area contributed by atoms with E-state index in [0.717, 1.165) is 17.7 Å². The zero-order valence-electron chi connectivity index (χ0n) is 13.3. The lowest BCUT2D eigenvalue weighted by atomic mass is 10.0. The van der Waals surface area contributed by atoms with Crippen LogP contribution in [0.4, 0.5) is 5.69 Å². The molecule has 1 unspecified atom stereocenters. The largest absolute Gasteiger partial charge is 0.495 e. The maximum Gasteiger partial charge on any atom is 0.273 e. The third-order valence-corrected chi connectivity index (χ3v) is 5.06. The van der Waals surface area contributed by atoms with E-state index in [0.29, 0.717) is 0 Å². The second-order valence-corrected chi connectivity index (χ2v) is 6.99. The molecular formula is C16H18N2O5S. The van der Waals surface area contributed by atoms with Gasteiger partial charge in [0.1, 0.15) is 10.6 Å². The van der Waals surface area contributed by atoms with Crippen LogP contribution in [0.15, 0.2) is 53.4 Å². The Bertz CT molecular complexity index is 822. The number of methoxy groups -OCH3 is 1. The molecule has 1 N–H and O–H groups in total. The van der Waals surface area contributed by atoms with Crippen molar-refractivity contribution in [1.82, 2.24) is 4.72 Å². The minimum Gasteiger partial charge on any atom is -0.495 e. The van der Waals surface area contributed by atoms with Crippen LogP contribution in [-0.4, -0.2) is 27.0 Å². The summed E-state index contributed by atoms with van der Waals surface area (Å²) in [7, 11) is -2.58. The highest BCUT2D eigenvalue weighted by Gasteiger charge is 2.22. The Balaban J connectivity index is 2.20. The van der Waals surface area contributed by atoms with Crippen LogP contribution in [0.3, 0.4) is 0 Å². The molecule has 8 heteroatoms. The summed E-state index contributed by atoms with van der Waals surface area (Å²) in [5.41, 5.74) is 0.777. The van der Waals surface area contributed by atoms with E-state index >= 15 is 0 Å². The van der Waals surface area contributed by atoms with E-state index in [2.05, 4.69) is 4.72 Å². The number of nitro groups is 1. The zero-order valence-corrected chi connectivity index (χ0v) is 14.1. The Kier molecular flexibility index (Phi) is 5.53. The van der Waals surface area contributed by atoms with Crippen LogP contribution < -0.4 is 9.46 Å². The van der Waals surface area contributed by atoms with Crippen LogP contribution in [0.5, 0.6) is 5.75 Å². The van der Waals surface area contributed by atoms with Gasteiger partial charge in [-0.1, -0.05) is 37.3 Å². The van der Waals surface area contributed by atoms with Crippen LogP contribution in [0, 0.1) is 10.1 Å². The van der Waals surface area contributed by atoms with E-state index in [1.54, 1.807) is 0 Å². The van der Waals surface area contributed by atoms with Crippen molar-refractivity contribution in [2.75, 3.05) is 13.7 Å². The summed E-state index contributed by atoms with van der Waals surface area (Å²) in [6.07, 6.45) is 0. The molecule has 0 aliphatic rings. The number of hydrogen-bond acceptors (Lipinski definition) is 5. The van der Waals surface area contributed by atoms with Crippen molar-refractivity contribution in [3.8, 4) is 5.75 Å². The van der Waals surface area contributed by atoms with Crippen LogP contribution in [0.25, 0.3) is 0 Å². The second-order valence-electron chi connectivity index (χ2n) is 5.26. The first-order chi connectivity index (χ1) is 11.3. The normalized spacial score (nSPS) is 12.6. The maximum absolute atomic E-state index is 12.5. The van der Waals surface area contributed by atoms with E-state index in [9.17, 15) is 18.5 Å². The van der Waals surface area contributed by atoms with Crippen molar-refractivity contribution < 1.29 is 18.1 Å². The first-order valence-corrected chi connectivity index (χ1v) is 8.70. The van der Waals surface area contributed by atoms with Gasteiger partial charge in [-0.05, 0) is 17.5 Å². The number of nitrogens with zero attached hydrogens (tertiary/aromatic N) is 1. The molecule has 0 bridgehead atoms. The molecule has 7 nitrogen and oxygen atoms in total. The fourth-order valence-corrected chi connectivity index (χ4v) is 3.48. The summed E-state index contributed by atoms with van der Waals surface area (Å²) < 4.78 is 32.4. The lowest BCUT2D eigenvalue weighted by Gasteiger charge is -2.14. The fraction of sp³-hybridized carbons (Fsp3) is 0.250. The molecule has 0 aromatic heterocycles. The van der Waals surface area contributed by atoms with Gasteiger partial charge in [0, 0.05) is 12.6 Å². The molecule has 2 aromatic rings. The summed E-state index contributed by atoms with van der Waals surface area (Å²) in [5.74, 6) is -0.0888. The van der Waals surface area contributed by atoms with Gasteiger partial charge in [0.2, 0.25) is 10.0 Å². The van der Waals surface area contributed by atoms with Crippen molar-refractivity contribution >= 4 is 15.7 Å². The predicted molar refractivity (Wildman–Crippen MR) is 89.7 cm³/mol. The molecule has 24 heavy (non-hydrogen) atoms. The molecular weight excluding hydrogens is 332 g/mol. The van der Waals surface area contributed by atoms with Crippen LogP contribution in [-0.2, 0) is 10.0 Å². The quantitative estimate of drug-likeness (QED) is 0.611. The van der Waals surface area contributed by atoms with Crippen molar-refractivity contribution in [3.63, 3.8) is 0 Å². The van der Waals surface area contributed by atoms with E-state index < -0.39 is 14.9 Å². The smallest absolute Gasteiger partial charge is 0.273 e. The van der Waals surface area contributed by atoms with Gasteiger partial charge in [-0.2, -0.15) is 0 Å². The number of rotatable bonds is 7. The standard InChI is InChI=1S/C16H18N2O5S/c1-12(13-6-4-3-5-7-13)11-17-24(21,22)16-9-8-14(18(19)20)10-15(16)23-2/h3-10,12,17H,11H2,1-2H3. The Hall–Kier alpha value is -2.45. The van der Waals surface area contributed by atoms with Crippen molar-refractivity contribution in [3.05, 3.63) is 64.2 Å². The second kappa shape index (κ2) is 7.41. The van der Waals surface area contributed by atoms with Crippen LogP contribution >= 0.6 is 0 Å². The Morgan fingerprint density at radius 3 is 2.46 bits per heavy atom. The number of ether oxygens (including phenoxy) is 1. The van der Waals surface area contributed by atoms with Crippen LogP contribution in [0.1, 0.15) is 18.4 Å². The topological polar surface area (TPSA) is 98.5 Å². The van der Waals surface area contributed by atoms with E-state index in [4.69, 9.17) is 4.74 Å². The highest BCUT2D eigenvalue weighted by atomic mass is 32.2. The first-order valence-electron chi connectivity index (χ1n) is 7.22. The van der Waals surface area contributed by atoms with Gasteiger partial charge in [-0.15, -0.1) is 0 Å². The van der Waals surface area contributed by atoms with Crippen LogP contribution in [0.2, 0.25) is 0 Å². The number of nitrogens with one attached hydrogen (secondary N) is 1. The number of sulfonamides is 1. The molecule has 0 amide bonds. The Labute approximate surface area is 140 Å². The molecule has 0 spiro atoms. The molecule has 128 valence electrons. The third kappa shape index (κ3) is 4.09. The average Bonchev–Trinajstić information content (AvgIpc) is 2.59. The Morgan fingerprint density at radius 2 is 1.88 bits per heavy atom. The Morgan fingerprint density at radius 1 is 1.21 bits per heavy atom. The molecule has 2 rings (SSSR count). The number of nitro benzene ring substituents is 1. The van der Waals surface area contributed by atoms with Gasteiger partial charge < -0.3 is 4.74 Å². The summed E-state index contributed by atoms with van der Waals surface area (Å²) in [4.78, 5) is 10.1. The molecule has 1 atom stereocenters. The van der Waals surface area contributed by atoms with E-state index in [1.807, 2.05) is 37.3 Å². The minimum absolute atomic E-state index is 0.0231. The zero-order chi connectivity index (χ0) is 17.7. The van der Waals surface area contributed by atoms with Crippen molar-refractivity contribution in [1.29, 1.82) is 0 Å². The molecule has 0 radical (unpaired) electrons. The van der Waals surface area contributed by atoms with Gasteiger partial charge in [-0.25, -0.2) is 13.1 Å². The maximum atomic E-state index is 12.5. The summed E-state index contributed by atoms with van der Waals surface area (Å²) in [6, 6.07) is 12.9. The molecule has 0 aliphatic carbocycles. The average molecular weight is 350 g/mol. The number of non-ortho nitro benzene ring substituents is 1. The molecule has 0 aliphatic heterocycles. The first kappa shape index (κ1) is 17.9. The highest BCUT2D eigenvalue weighted by Crippen LogP contribution is 2.28. The van der Waals surface area contributed by atoms with Crippen molar-refractivity contribution in [2.45, 2.75) is 17.7 Å². The summed E-state index contributed by atoms with van der Waals surface area (Å²) in [5, 5.41) is 10.8. The van der Waals surface area contributed by atoms with Gasteiger partial charge >= 0.3 is 0 Å². The third-order valence-electron chi connectivity index (χ3n) is 3.60. The molecule has 2 aromatic carbocycles. The van der Waals surface area contributed by atoms with Gasteiger partial charge in [0.25, 0.3) is 5.69 Å². The molecule has 0 saturated heterocycles. The molecule has 0 fully saturated rings. The molecule has 0 heterocycles. The lowest BCUT2D eigenvalue weighted by Crippen LogP contribution is -2.28. The predicted octanol–water partition coefficient (Wildman–Crippen LogP) is 2.69. The number of benzene rings is 2. The highest BCUT2D eigenvalue weighted by molar-refractivity contribution is 7.89. The summed E-state index contributed by atoms with van der Waals surface area (Å²) in [6.45, 7) is 2.11. The SMILES string of the molecule is COc1cc([N+](=O)[O-])ccc1S(=O)(=O)NCC(C)c1ccccc1. The lowest BCUT2D eigenvalue weighted by molar-refractivity contribution is -0.385. The minimum atomic E-state index is -3.85.